The molecule has 1 aromatic heterocycles. The molecule has 212 valence electrons. The lowest BCUT2D eigenvalue weighted by molar-refractivity contribution is -0.122. The number of fused-ring (bicyclic) bond motifs is 1. The number of rotatable bonds is 6. The molecule has 1 amide bonds. The van der Waals surface area contributed by atoms with Crippen molar-refractivity contribution in [3.63, 3.8) is 0 Å². The standard InChI is InChI=1S/C29H33N3O6S2/c1-20-10-12-23(13-11-20)39(35,36)30-29(34)25-14-15-27-26(28(25)33)18-21(2)32(27)22-8-7-9-24(19-22)40(37,38)31-16-5-3-4-6-17-31/h7-13,18-19,25H,3-6,14-17H2,1-2H3,(H,30,34). The van der Waals surface area contributed by atoms with E-state index in [1.807, 2.05) is 18.4 Å². The van der Waals surface area contributed by atoms with Gasteiger partial charge in [0.15, 0.2) is 5.78 Å². The molecule has 9 nitrogen and oxygen atoms in total. The quantitative estimate of drug-likeness (QED) is 0.439. The number of aromatic nitrogens is 1. The summed E-state index contributed by atoms with van der Waals surface area (Å²) in [5, 5.41) is 0. The van der Waals surface area contributed by atoms with Crippen LogP contribution in [-0.2, 0) is 31.3 Å². The number of sulfonamides is 2. The minimum absolute atomic E-state index is 0.0487. The number of aryl methyl sites for hydroxylation is 2. The molecule has 0 saturated carbocycles. The number of ketones is 1. The molecule has 40 heavy (non-hydrogen) atoms. The summed E-state index contributed by atoms with van der Waals surface area (Å²) >= 11 is 0. The first-order chi connectivity index (χ1) is 19.0. The first kappa shape index (κ1) is 28.3. The summed E-state index contributed by atoms with van der Waals surface area (Å²) < 4.78 is 57.8. The zero-order chi connectivity index (χ0) is 28.7. The summed E-state index contributed by atoms with van der Waals surface area (Å²) in [5.41, 5.74) is 3.24. The van der Waals surface area contributed by atoms with Gasteiger partial charge in [-0.25, -0.2) is 21.6 Å². The molecule has 1 unspecified atom stereocenters. The summed E-state index contributed by atoms with van der Waals surface area (Å²) in [6, 6.07) is 14.5. The fourth-order valence-corrected chi connectivity index (χ4v) is 8.13. The number of Topliss-reactive ketones (excluding diaryl/α,β-unsaturated/α-hetero) is 1. The molecule has 1 saturated heterocycles. The summed E-state index contributed by atoms with van der Waals surface area (Å²) in [5.74, 6) is -2.45. The molecular weight excluding hydrogens is 550 g/mol. The number of hydrogen-bond donors (Lipinski definition) is 1. The van der Waals surface area contributed by atoms with E-state index < -0.39 is 37.7 Å². The number of hydrogen-bond acceptors (Lipinski definition) is 6. The van der Waals surface area contributed by atoms with Crippen LogP contribution in [-0.4, -0.2) is 50.5 Å². The molecule has 3 aromatic rings. The van der Waals surface area contributed by atoms with Gasteiger partial charge in [-0.1, -0.05) is 36.6 Å². The van der Waals surface area contributed by atoms with Crippen LogP contribution in [0.5, 0.6) is 0 Å². The minimum Gasteiger partial charge on any atom is -0.317 e. The molecule has 0 radical (unpaired) electrons. The Morgan fingerprint density at radius 1 is 0.875 bits per heavy atom. The van der Waals surface area contributed by atoms with Crippen molar-refractivity contribution in [2.45, 2.75) is 62.2 Å². The third-order valence-electron chi connectivity index (χ3n) is 7.70. The Labute approximate surface area is 235 Å². The maximum absolute atomic E-state index is 13.4. The molecule has 11 heteroatoms. The lowest BCUT2D eigenvalue weighted by atomic mass is 9.86. The molecule has 0 bridgehead atoms. The lowest BCUT2D eigenvalue weighted by Crippen LogP contribution is -2.41. The Morgan fingerprint density at radius 2 is 1.55 bits per heavy atom. The van der Waals surface area contributed by atoms with E-state index in [-0.39, 0.29) is 16.2 Å². The van der Waals surface area contributed by atoms with Gasteiger partial charge in [-0.3, -0.25) is 9.59 Å². The number of nitrogens with one attached hydrogen (secondary N) is 1. The number of carbonyl (C=O) groups is 2. The fourth-order valence-electron chi connectivity index (χ4n) is 5.55. The Bertz CT molecular complexity index is 1670. The zero-order valence-electron chi connectivity index (χ0n) is 22.6. The van der Waals surface area contributed by atoms with Crippen LogP contribution < -0.4 is 4.72 Å². The van der Waals surface area contributed by atoms with E-state index >= 15 is 0 Å². The average molecular weight is 584 g/mol. The van der Waals surface area contributed by atoms with Crippen molar-refractivity contribution in [2.24, 2.45) is 5.92 Å². The van der Waals surface area contributed by atoms with Crippen LogP contribution in [0, 0.1) is 19.8 Å². The molecule has 1 aliphatic carbocycles. The maximum Gasteiger partial charge on any atom is 0.264 e. The van der Waals surface area contributed by atoms with E-state index in [0.717, 1.165) is 36.9 Å². The third-order valence-corrected chi connectivity index (χ3v) is 11.0. The van der Waals surface area contributed by atoms with Crippen LogP contribution in [0.4, 0.5) is 0 Å². The van der Waals surface area contributed by atoms with Crippen LogP contribution >= 0.6 is 0 Å². The second-order valence-corrected chi connectivity index (χ2v) is 14.2. The van der Waals surface area contributed by atoms with Gasteiger partial charge in [0.1, 0.15) is 5.92 Å². The van der Waals surface area contributed by atoms with Gasteiger partial charge in [0.2, 0.25) is 15.9 Å². The maximum atomic E-state index is 13.4. The second-order valence-electron chi connectivity index (χ2n) is 10.5. The molecule has 1 fully saturated rings. The Hall–Kier alpha value is -3.28. The van der Waals surface area contributed by atoms with E-state index in [1.54, 1.807) is 46.8 Å². The zero-order valence-corrected chi connectivity index (χ0v) is 24.2. The SMILES string of the molecule is Cc1ccc(S(=O)(=O)NC(=O)C2CCc3c(cc(C)n3-c3cccc(S(=O)(=O)N4CCCCCC4)c3)C2=O)cc1. The molecule has 1 aliphatic heterocycles. The first-order valence-corrected chi connectivity index (χ1v) is 16.4. The van der Waals surface area contributed by atoms with Crippen LogP contribution in [0.2, 0.25) is 0 Å². The van der Waals surface area contributed by atoms with E-state index in [9.17, 15) is 26.4 Å². The average Bonchev–Trinajstić information content (AvgIpc) is 3.06. The van der Waals surface area contributed by atoms with Gasteiger partial charge in [0, 0.05) is 35.7 Å². The van der Waals surface area contributed by atoms with E-state index in [4.69, 9.17) is 0 Å². The van der Waals surface area contributed by atoms with Crippen LogP contribution in [0.3, 0.4) is 0 Å². The van der Waals surface area contributed by atoms with Crippen molar-refractivity contribution in [2.75, 3.05) is 13.1 Å². The molecule has 2 aliphatic rings. The van der Waals surface area contributed by atoms with Crippen molar-refractivity contribution < 1.29 is 26.4 Å². The highest BCUT2D eigenvalue weighted by atomic mass is 32.2. The Kier molecular flexibility index (Phi) is 7.73. The number of nitrogens with zero attached hydrogens (tertiary/aromatic N) is 2. The van der Waals surface area contributed by atoms with Gasteiger partial charge in [-0.2, -0.15) is 4.31 Å². The van der Waals surface area contributed by atoms with Gasteiger partial charge >= 0.3 is 0 Å². The second kappa shape index (κ2) is 10.9. The summed E-state index contributed by atoms with van der Waals surface area (Å²) in [7, 11) is -7.78. The van der Waals surface area contributed by atoms with E-state index in [1.165, 1.54) is 12.1 Å². The van der Waals surface area contributed by atoms with Crippen molar-refractivity contribution in [1.82, 2.24) is 13.6 Å². The number of benzene rings is 2. The van der Waals surface area contributed by atoms with Crippen LogP contribution in [0.1, 0.15) is 59.4 Å². The predicted octanol–water partition coefficient (Wildman–Crippen LogP) is 3.91. The van der Waals surface area contributed by atoms with Gasteiger partial charge in [0.05, 0.1) is 9.79 Å². The van der Waals surface area contributed by atoms with Gasteiger partial charge in [-0.05, 0) is 75.9 Å². The largest absolute Gasteiger partial charge is 0.317 e. The highest BCUT2D eigenvalue weighted by molar-refractivity contribution is 7.90. The normalized spacial score (nSPS) is 18.6. The number of carbonyl (C=O) groups excluding carboxylic acids is 2. The van der Waals surface area contributed by atoms with Gasteiger partial charge in [0.25, 0.3) is 10.0 Å². The molecule has 2 aromatic carbocycles. The summed E-state index contributed by atoms with van der Waals surface area (Å²) in [6.45, 7) is 4.65. The third kappa shape index (κ3) is 5.37. The molecule has 5 rings (SSSR count). The van der Waals surface area contributed by atoms with Crippen molar-refractivity contribution >= 4 is 31.7 Å². The summed E-state index contributed by atoms with van der Waals surface area (Å²) in [6.07, 6.45) is 4.20. The number of amides is 1. The highest BCUT2D eigenvalue weighted by Crippen LogP contribution is 2.32. The van der Waals surface area contributed by atoms with Crippen molar-refractivity contribution in [3.05, 3.63) is 77.1 Å². The highest BCUT2D eigenvalue weighted by Gasteiger charge is 2.37. The molecule has 1 atom stereocenters. The Morgan fingerprint density at radius 3 is 2.23 bits per heavy atom. The summed E-state index contributed by atoms with van der Waals surface area (Å²) in [4.78, 5) is 26.5. The molecular formula is C29H33N3O6S2. The van der Waals surface area contributed by atoms with E-state index in [0.29, 0.717) is 36.5 Å². The van der Waals surface area contributed by atoms with Crippen LogP contribution in [0.25, 0.3) is 5.69 Å². The predicted molar refractivity (Wildman–Crippen MR) is 150 cm³/mol. The molecule has 2 heterocycles. The fraction of sp³-hybridized carbons (Fsp3) is 0.379. The molecule has 1 N–H and O–H groups in total. The Balaban J connectivity index is 1.40. The van der Waals surface area contributed by atoms with Crippen LogP contribution in [0.15, 0.2) is 64.4 Å². The molecule has 0 spiro atoms. The lowest BCUT2D eigenvalue weighted by Gasteiger charge is -2.23. The van der Waals surface area contributed by atoms with Crippen molar-refractivity contribution in [1.29, 1.82) is 0 Å². The smallest absolute Gasteiger partial charge is 0.264 e. The monoisotopic (exact) mass is 583 g/mol. The van der Waals surface area contributed by atoms with Crippen molar-refractivity contribution in [3.8, 4) is 5.69 Å². The topological polar surface area (TPSA) is 123 Å². The first-order valence-electron chi connectivity index (χ1n) is 13.5. The minimum atomic E-state index is -4.12. The van der Waals surface area contributed by atoms with Gasteiger partial charge in [-0.15, -0.1) is 0 Å². The van der Waals surface area contributed by atoms with Gasteiger partial charge < -0.3 is 4.57 Å². The van der Waals surface area contributed by atoms with E-state index in [2.05, 4.69) is 4.72 Å².